The summed E-state index contributed by atoms with van der Waals surface area (Å²) < 4.78 is 0. The molecule has 3 heteroatoms. The van der Waals surface area contributed by atoms with Crippen molar-refractivity contribution in [1.82, 2.24) is 10.2 Å². The molecule has 0 bridgehead atoms. The predicted molar refractivity (Wildman–Crippen MR) is 58.1 cm³/mol. The summed E-state index contributed by atoms with van der Waals surface area (Å²) in [5.74, 6) is 0.228. The van der Waals surface area contributed by atoms with Crippen LogP contribution in [-0.2, 0) is 4.79 Å². The molecule has 0 fully saturated rings. The highest BCUT2D eigenvalue weighted by molar-refractivity contribution is 5.78. The van der Waals surface area contributed by atoms with E-state index >= 15 is 0 Å². The number of nitrogens with zero attached hydrogens (tertiary/aromatic N) is 1. The summed E-state index contributed by atoms with van der Waals surface area (Å²) in [6.45, 7) is 7.29. The van der Waals surface area contributed by atoms with Gasteiger partial charge in [0.05, 0.1) is 6.54 Å². The highest BCUT2D eigenvalue weighted by atomic mass is 16.2. The average molecular weight is 196 g/mol. The second-order valence-electron chi connectivity index (χ2n) is 3.83. The van der Waals surface area contributed by atoms with Crippen LogP contribution in [0.5, 0.6) is 0 Å². The fourth-order valence-corrected chi connectivity index (χ4v) is 1.61. The summed E-state index contributed by atoms with van der Waals surface area (Å²) in [6.07, 6.45) is 4.29. The van der Waals surface area contributed by atoms with Crippen molar-refractivity contribution in [3.05, 3.63) is 11.6 Å². The molecular weight excluding hydrogens is 176 g/mol. The molecule has 0 aromatic rings. The minimum absolute atomic E-state index is 0.228. The van der Waals surface area contributed by atoms with Gasteiger partial charge in [-0.15, -0.1) is 0 Å². The van der Waals surface area contributed by atoms with E-state index < -0.39 is 0 Å². The molecule has 0 saturated heterocycles. The van der Waals surface area contributed by atoms with Gasteiger partial charge in [-0.05, 0) is 26.3 Å². The van der Waals surface area contributed by atoms with Gasteiger partial charge < -0.3 is 10.2 Å². The van der Waals surface area contributed by atoms with Crippen molar-refractivity contribution < 1.29 is 4.79 Å². The lowest BCUT2D eigenvalue weighted by molar-refractivity contribution is -0.130. The maximum absolute atomic E-state index is 11.7. The fraction of sp³-hybridized carbons (Fsp3) is 0.727. The zero-order valence-corrected chi connectivity index (χ0v) is 9.18. The van der Waals surface area contributed by atoms with Gasteiger partial charge in [-0.2, -0.15) is 0 Å². The van der Waals surface area contributed by atoms with Crippen molar-refractivity contribution in [3.63, 3.8) is 0 Å². The van der Waals surface area contributed by atoms with Gasteiger partial charge in [-0.1, -0.05) is 18.6 Å². The van der Waals surface area contributed by atoms with E-state index in [1.54, 1.807) is 0 Å². The molecule has 14 heavy (non-hydrogen) atoms. The van der Waals surface area contributed by atoms with Crippen LogP contribution in [0.3, 0.4) is 0 Å². The van der Waals surface area contributed by atoms with Crippen molar-refractivity contribution in [2.45, 2.75) is 26.7 Å². The van der Waals surface area contributed by atoms with Crippen LogP contribution in [0.25, 0.3) is 0 Å². The second-order valence-corrected chi connectivity index (χ2v) is 3.83. The number of hydrogen-bond donors (Lipinski definition) is 1. The van der Waals surface area contributed by atoms with Crippen molar-refractivity contribution in [3.8, 4) is 0 Å². The van der Waals surface area contributed by atoms with E-state index in [9.17, 15) is 4.79 Å². The number of amides is 1. The summed E-state index contributed by atoms with van der Waals surface area (Å²) in [5.41, 5.74) is 1.31. The third-order valence-corrected chi connectivity index (χ3v) is 2.39. The molecule has 1 aliphatic heterocycles. The molecule has 0 radical (unpaired) electrons. The lowest BCUT2D eigenvalue weighted by atomic mass is 10.1. The van der Waals surface area contributed by atoms with Gasteiger partial charge in [0.25, 0.3) is 0 Å². The Morgan fingerprint density at radius 1 is 1.64 bits per heavy atom. The molecule has 1 rings (SSSR count). The predicted octanol–water partition coefficient (Wildman–Crippen LogP) is 1.16. The summed E-state index contributed by atoms with van der Waals surface area (Å²) in [4.78, 5) is 13.6. The zero-order valence-electron chi connectivity index (χ0n) is 9.18. The standard InChI is InChI=1S/C11H20N2O/c1-3-6-12-8-11(14)13-7-4-5-10(2)9-13/h5,12H,3-4,6-9H2,1-2H3. The van der Waals surface area contributed by atoms with Crippen LogP contribution >= 0.6 is 0 Å². The fourth-order valence-electron chi connectivity index (χ4n) is 1.61. The van der Waals surface area contributed by atoms with E-state index in [4.69, 9.17) is 0 Å². The van der Waals surface area contributed by atoms with Gasteiger partial charge >= 0.3 is 0 Å². The molecule has 0 saturated carbocycles. The van der Waals surface area contributed by atoms with Gasteiger partial charge in [-0.25, -0.2) is 0 Å². The Kier molecular flexibility index (Phi) is 4.66. The van der Waals surface area contributed by atoms with E-state index in [0.717, 1.165) is 32.5 Å². The van der Waals surface area contributed by atoms with Crippen LogP contribution < -0.4 is 5.32 Å². The van der Waals surface area contributed by atoms with Crippen LogP contribution in [0.1, 0.15) is 26.7 Å². The van der Waals surface area contributed by atoms with Crippen LogP contribution in [0.4, 0.5) is 0 Å². The Bertz CT molecular complexity index is 223. The molecule has 0 spiro atoms. The maximum Gasteiger partial charge on any atom is 0.236 e. The minimum Gasteiger partial charge on any atom is -0.337 e. The summed E-state index contributed by atoms with van der Waals surface area (Å²) in [6, 6.07) is 0. The monoisotopic (exact) mass is 196 g/mol. The topological polar surface area (TPSA) is 32.3 Å². The zero-order chi connectivity index (χ0) is 10.4. The molecule has 0 aromatic heterocycles. The van der Waals surface area contributed by atoms with Crippen LogP contribution in [0.2, 0.25) is 0 Å². The van der Waals surface area contributed by atoms with Crippen molar-refractivity contribution in [1.29, 1.82) is 0 Å². The molecule has 80 valence electrons. The molecule has 0 atom stereocenters. The van der Waals surface area contributed by atoms with Crippen LogP contribution in [-0.4, -0.2) is 37.0 Å². The Morgan fingerprint density at radius 2 is 2.43 bits per heavy atom. The first-order valence-electron chi connectivity index (χ1n) is 5.38. The smallest absolute Gasteiger partial charge is 0.236 e. The first-order valence-corrected chi connectivity index (χ1v) is 5.38. The van der Waals surface area contributed by atoms with Gasteiger partial charge in [0.15, 0.2) is 0 Å². The summed E-state index contributed by atoms with van der Waals surface area (Å²) >= 11 is 0. The third-order valence-electron chi connectivity index (χ3n) is 2.39. The Morgan fingerprint density at radius 3 is 3.07 bits per heavy atom. The van der Waals surface area contributed by atoms with E-state index in [2.05, 4.69) is 25.2 Å². The number of hydrogen-bond acceptors (Lipinski definition) is 2. The minimum atomic E-state index is 0.228. The molecule has 1 N–H and O–H groups in total. The second kappa shape index (κ2) is 5.81. The quantitative estimate of drug-likeness (QED) is 0.540. The maximum atomic E-state index is 11.7. The van der Waals surface area contributed by atoms with Crippen molar-refractivity contribution >= 4 is 5.91 Å². The lowest BCUT2D eigenvalue weighted by Crippen LogP contribution is -2.41. The van der Waals surface area contributed by atoms with E-state index in [0.29, 0.717) is 6.54 Å². The van der Waals surface area contributed by atoms with Gasteiger partial charge in [0.1, 0.15) is 0 Å². The lowest BCUT2D eigenvalue weighted by Gasteiger charge is -2.26. The van der Waals surface area contributed by atoms with Gasteiger partial charge in [0.2, 0.25) is 5.91 Å². The Labute approximate surface area is 86.2 Å². The van der Waals surface area contributed by atoms with E-state index in [-0.39, 0.29) is 5.91 Å². The molecule has 0 aliphatic carbocycles. The Balaban J connectivity index is 2.27. The van der Waals surface area contributed by atoms with E-state index in [1.165, 1.54) is 5.57 Å². The summed E-state index contributed by atoms with van der Waals surface area (Å²) in [5, 5.41) is 3.14. The number of carbonyl (C=O) groups excluding carboxylic acids is 1. The summed E-state index contributed by atoms with van der Waals surface area (Å²) in [7, 11) is 0. The average Bonchev–Trinajstić information content (AvgIpc) is 2.18. The highest BCUT2D eigenvalue weighted by Gasteiger charge is 2.15. The third kappa shape index (κ3) is 3.50. The number of nitrogens with one attached hydrogen (secondary N) is 1. The van der Waals surface area contributed by atoms with Crippen LogP contribution in [0.15, 0.2) is 11.6 Å². The molecular formula is C11H20N2O. The number of carbonyl (C=O) groups is 1. The highest BCUT2D eigenvalue weighted by Crippen LogP contribution is 2.08. The van der Waals surface area contributed by atoms with Gasteiger partial charge in [0, 0.05) is 13.1 Å². The van der Waals surface area contributed by atoms with Crippen LogP contribution in [0, 0.1) is 0 Å². The van der Waals surface area contributed by atoms with Crippen molar-refractivity contribution in [2.24, 2.45) is 0 Å². The Hall–Kier alpha value is -0.830. The SMILES string of the molecule is CCCNCC(=O)N1CCC=C(C)C1. The van der Waals surface area contributed by atoms with E-state index in [1.807, 2.05) is 4.90 Å². The molecule has 3 nitrogen and oxygen atoms in total. The molecule has 1 aliphatic rings. The normalized spacial score (nSPS) is 16.7. The molecule has 0 unspecified atom stereocenters. The molecule has 1 heterocycles. The number of rotatable bonds is 4. The molecule has 0 aromatic carbocycles. The molecule has 1 amide bonds. The van der Waals surface area contributed by atoms with Gasteiger partial charge in [-0.3, -0.25) is 4.79 Å². The largest absolute Gasteiger partial charge is 0.337 e. The first-order chi connectivity index (χ1) is 6.74. The first kappa shape index (κ1) is 11.2. The van der Waals surface area contributed by atoms with Crippen molar-refractivity contribution in [2.75, 3.05) is 26.2 Å².